The summed E-state index contributed by atoms with van der Waals surface area (Å²) in [6.45, 7) is 1.06. The van der Waals surface area contributed by atoms with Crippen LogP contribution in [0.5, 0.6) is 0 Å². The molecule has 5 nitrogen and oxygen atoms in total. The maximum atomic E-state index is 13.2. The minimum atomic E-state index is -1.23. The Balaban J connectivity index is 2.01. The van der Waals surface area contributed by atoms with Gasteiger partial charge in [0.1, 0.15) is 12.3 Å². The van der Waals surface area contributed by atoms with Crippen molar-refractivity contribution in [3.05, 3.63) is 62.5 Å². The lowest BCUT2D eigenvalue weighted by Crippen LogP contribution is -2.49. The van der Waals surface area contributed by atoms with Crippen molar-refractivity contribution in [3.8, 4) is 0 Å². The second-order valence-electron chi connectivity index (χ2n) is 6.20. The normalized spacial score (nSPS) is 20.2. The van der Waals surface area contributed by atoms with Crippen molar-refractivity contribution in [3.63, 3.8) is 0 Å². The number of anilines is 1. The summed E-state index contributed by atoms with van der Waals surface area (Å²) in [7, 11) is 0. The molecule has 0 unspecified atom stereocenters. The molecular formula is C18H15BrCl2N2O3. The van der Waals surface area contributed by atoms with E-state index in [2.05, 4.69) is 15.9 Å². The van der Waals surface area contributed by atoms with Gasteiger partial charge < -0.3 is 5.11 Å². The Bertz CT molecular complexity index is 855. The van der Waals surface area contributed by atoms with Crippen LogP contribution in [0.3, 0.4) is 0 Å². The van der Waals surface area contributed by atoms with E-state index in [1.807, 2.05) is 24.3 Å². The summed E-state index contributed by atoms with van der Waals surface area (Å²) in [6.07, 6.45) is 0.260. The van der Waals surface area contributed by atoms with Gasteiger partial charge in [-0.15, -0.1) is 0 Å². The SMILES string of the molecule is C[C@@]1(Cc2ccc(Br)cc2)C(=O)N(c2cc(Cl)cc(Cl)c2)C(=O)N1CO. The van der Waals surface area contributed by atoms with Gasteiger partial charge in [0.05, 0.1) is 5.69 Å². The number of carbonyl (C=O) groups excluding carboxylic acids is 2. The Labute approximate surface area is 169 Å². The minimum Gasteiger partial charge on any atom is -0.376 e. The molecule has 1 aliphatic rings. The monoisotopic (exact) mass is 456 g/mol. The van der Waals surface area contributed by atoms with Crippen molar-refractivity contribution in [1.82, 2.24) is 4.90 Å². The Morgan fingerprint density at radius 2 is 1.65 bits per heavy atom. The number of hydrogen-bond acceptors (Lipinski definition) is 3. The van der Waals surface area contributed by atoms with E-state index in [0.29, 0.717) is 10.0 Å². The second-order valence-corrected chi connectivity index (χ2v) is 7.99. The predicted molar refractivity (Wildman–Crippen MR) is 105 cm³/mol. The molecule has 0 radical (unpaired) electrons. The van der Waals surface area contributed by atoms with Crippen molar-refractivity contribution in [2.75, 3.05) is 11.6 Å². The number of urea groups is 1. The van der Waals surface area contributed by atoms with E-state index in [0.717, 1.165) is 19.8 Å². The lowest BCUT2D eigenvalue weighted by atomic mass is 9.91. The van der Waals surface area contributed by atoms with Gasteiger partial charge in [-0.1, -0.05) is 51.3 Å². The first-order valence-corrected chi connectivity index (χ1v) is 9.29. The first-order valence-electron chi connectivity index (χ1n) is 7.74. The van der Waals surface area contributed by atoms with Gasteiger partial charge in [0.2, 0.25) is 0 Å². The first kappa shape index (κ1) is 19.2. The number of aliphatic hydroxyl groups excluding tert-OH is 1. The highest BCUT2D eigenvalue weighted by molar-refractivity contribution is 9.10. The number of halogens is 3. The molecule has 0 spiro atoms. The molecule has 1 saturated heterocycles. The molecule has 26 heavy (non-hydrogen) atoms. The van der Waals surface area contributed by atoms with Crippen LogP contribution in [-0.4, -0.2) is 34.2 Å². The summed E-state index contributed by atoms with van der Waals surface area (Å²) in [5.74, 6) is -0.446. The number of amides is 3. The zero-order valence-corrected chi connectivity index (χ0v) is 16.8. The summed E-state index contributed by atoms with van der Waals surface area (Å²) in [5.41, 5.74) is -0.0918. The molecule has 1 heterocycles. The van der Waals surface area contributed by atoms with E-state index in [1.165, 1.54) is 18.2 Å². The third kappa shape index (κ3) is 3.34. The smallest absolute Gasteiger partial charge is 0.334 e. The van der Waals surface area contributed by atoms with Gasteiger partial charge in [-0.3, -0.25) is 9.69 Å². The van der Waals surface area contributed by atoms with Crippen molar-refractivity contribution >= 4 is 56.8 Å². The van der Waals surface area contributed by atoms with E-state index in [1.54, 1.807) is 6.92 Å². The third-order valence-electron chi connectivity index (χ3n) is 4.39. The zero-order chi connectivity index (χ0) is 19.1. The van der Waals surface area contributed by atoms with Gasteiger partial charge in [-0.25, -0.2) is 9.69 Å². The highest BCUT2D eigenvalue weighted by Gasteiger charge is 2.54. The van der Waals surface area contributed by atoms with Crippen LogP contribution >= 0.6 is 39.1 Å². The number of imide groups is 1. The summed E-state index contributed by atoms with van der Waals surface area (Å²) in [5, 5.41) is 10.4. The van der Waals surface area contributed by atoms with Crippen LogP contribution in [0.4, 0.5) is 10.5 Å². The second kappa shape index (κ2) is 7.19. The Hall–Kier alpha value is -1.60. The molecule has 1 aliphatic heterocycles. The fourth-order valence-corrected chi connectivity index (χ4v) is 3.84. The van der Waals surface area contributed by atoms with Crippen LogP contribution in [0, 0.1) is 0 Å². The third-order valence-corrected chi connectivity index (χ3v) is 5.36. The number of rotatable bonds is 4. The molecule has 2 aromatic carbocycles. The summed E-state index contributed by atoms with van der Waals surface area (Å²) >= 11 is 15.4. The molecule has 3 rings (SSSR count). The molecule has 0 bridgehead atoms. The molecule has 1 fully saturated rings. The Morgan fingerprint density at radius 3 is 2.19 bits per heavy atom. The van der Waals surface area contributed by atoms with Gasteiger partial charge >= 0.3 is 6.03 Å². The quantitative estimate of drug-likeness (QED) is 0.688. The van der Waals surface area contributed by atoms with Gasteiger partial charge in [0.25, 0.3) is 5.91 Å². The Morgan fingerprint density at radius 1 is 1.08 bits per heavy atom. The van der Waals surface area contributed by atoms with Crippen molar-refractivity contribution in [1.29, 1.82) is 0 Å². The Kier molecular flexibility index (Phi) is 5.30. The lowest BCUT2D eigenvalue weighted by molar-refractivity contribution is -0.125. The predicted octanol–water partition coefficient (Wildman–Crippen LogP) is 4.48. The number of nitrogens with zero attached hydrogens (tertiary/aromatic N) is 2. The van der Waals surface area contributed by atoms with Crippen molar-refractivity contribution in [2.45, 2.75) is 18.9 Å². The zero-order valence-electron chi connectivity index (χ0n) is 13.7. The maximum absolute atomic E-state index is 13.2. The highest BCUT2D eigenvalue weighted by atomic mass is 79.9. The minimum absolute atomic E-state index is 0.260. The molecule has 1 atom stereocenters. The van der Waals surface area contributed by atoms with Crippen LogP contribution in [0.2, 0.25) is 10.0 Å². The molecule has 0 saturated carbocycles. The highest BCUT2D eigenvalue weighted by Crippen LogP contribution is 2.36. The first-order chi connectivity index (χ1) is 12.3. The molecule has 2 aromatic rings. The summed E-state index contributed by atoms with van der Waals surface area (Å²) in [4.78, 5) is 28.1. The van der Waals surface area contributed by atoms with Crippen LogP contribution in [0.25, 0.3) is 0 Å². The number of carbonyl (C=O) groups is 2. The van der Waals surface area contributed by atoms with E-state index < -0.39 is 24.2 Å². The molecule has 1 N–H and O–H groups in total. The van der Waals surface area contributed by atoms with Crippen LogP contribution in [-0.2, 0) is 11.2 Å². The maximum Gasteiger partial charge on any atom is 0.334 e. The van der Waals surface area contributed by atoms with Gasteiger partial charge in [0.15, 0.2) is 0 Å². The topological polar surface area (TPSA) is 60.9 Å². The molecular weight excluding hydrogens is 443 g/mol. The van der Waals surface area contributed by atoms with E-state index in [4.69, 9.17) is 23.2 Å². The van der Waals surface area contributed by atoms with Crippen molar-refractivity contribution < 1.29 is 14.7 Å². The molecule has 3 amide bonds. The summed E-state index contributed by atoms with van der Waals surface area (Å²) in [6, 6.07) is 11.3. The van der Waals surface area contributed by atoms with Crippen LogP contribution in [0.15, 0.2) is 46.9 Å². The molecule has 8 heteroatoms. The van der Waals surface area contributed by atoms with Crippen LogP contribution < -0.4 is 4.90 Å². The van der Waals surface area contributed by atoms with E-state index >= 15 is 0 Å². The average Bonchev–Trinajstić information content (AvgIpc) is 2.75. The standard InChI is InChI=1S/C18H15BrCl2N2O3/c1-18(9-11-2-4-12(19)5-3-11)16(25)23(17(26)22(18)10-24)15-7-13(20)6-14(21)8-15/h2-8,24H,9-10H2,1H3/t18-/m1/s1. The van der Waals surface area contributed by atoms with Gasteiger partial charge in [-0.05, 0) is 42.8 Å². The fourth-order valence-electron chi connectivity index (χ4n) is 3.06. The largest absolute Gasteiger partial charge is 0.376 e. The summed E-state index contributed by atoms with van der Waals surface area (Å²) < 4.78 is 0.912. The van der Waals surface area contributed by atoms with E-state index in [-0.39, 0.29) is 12.1 Å². The molecule has 0 aromatic heterocycles. The number of hydrogen-bond donors (Lipinski definition) is 1. The number of benzene rings is 2. The van der Waals surface area contributed by atoms with Gasteiger partial charge in [-0.2, -0.15) is 0 Å². The van der Waals surface area contributed by atoms with Gasteiger partial charge in [0, 0.05) is 20.9 Å². The van der Waals surface area contributed by atoms with E-state index in [9.17, 15) is 14.7 Å². The molecule has 136 valence electrons. The molecule has 0 aliphatic carbocycles. The van der Waals surface area contributed by atoms with Crippen LogP contribution in [0.1, 0.15) is 12.5 Å². The number of aliphatic hydroxyl groups is 1. The lowest BCUT2D eigenvalue weighted by Gasteiger charge is -2.30. The van der Waals surface area contributed by atoms with Crippen molar-refractivity contribution in [2.24, 2.45) is 0 Å². The average molecular weight is 458 g/mol. The fraction of sp³-hybridized carbons (Fsp3) is 0.222.